The Kier molecular flexibility index (Phi) is 4.32. The van der Waals surface area contributed by atoms with Crippen molar-refractivity contribution in [2.75, 3.05) is 13.2 Å². The SMILES string of the molecule is CC1(C)COC2(CC=C(c3cn(C4CCCCO4)nc3C=O)CC2)C1. The van der Waals surface area contributed by atoms with Crippen LogP contribution in [0.2, 0.25) is 0 Å². The van der Waals surface area contributed by atoms with Gasteiger partial charge in [-0.1, -0.05) is 19.9 Å². The van der Waals surface area contributed by atoms with Crippen LogP contribution in [0.5, 0.6) is 0 Å². The third-order valence-corrected chi connectivity index (χ3v) is 5.81. The van der Waals surface area contributed by atoms with Crippen molar-refractivity contribution >= 4 is 11.9 Å². The third-order valence-electron chi connectivity index (χ3n) is 5.81. The minimum absolute atomic E-state index is 0.00316. The zero-order valence-corrected chi connectivity index (χ0v) is 15.3. The first kappa shape index (κ1) is 17.0. The number of aromatic nitrogens is 2. The minimum atomic E-state index is -0.0318. The van der Waals surface area contributed by atoms with Gasteiger partial charge in [-0.2, -0.15) is 5.10 Å². The van der Waals surface area contributed by atoms with Crippen LogP contribution in [0.4, 0.5) is 0 Å². The van der Waals surface area contributed by atoms with Crippen LogP contribution in [0.1, 0.15) is 81.1 Å². The molecular weight excluding hydrogens is 316 g/mol. The molecule has 4 rings (SSSR count). The van der Waals surface area contributed by atoms with E-state index in [4.69, 9.17) is 9.47 Å². The summed E-state index contributed by atoms with van der Waals surface area (Å²) in [4.78, 5) is 11.5. The third kappa shape index (κ3) is 3.32. The summed E-state index contributed by atoms with van der Waals surface area (Å²) < 4.78 is 13.8. The molecular formula is C20H28N2O3. The Morgan fingerprint density at radius 1 is 1.36 bits per heavy atom. The molecule has 1 spiro atoms. The number of hydrogen-bond donors (Lipinski definition) is 0. The summed E-state index contributed by atoms with van der Waals surface area (Å²) in [6, 6.07) is 0. The zero-order valence-electron chi connectivity index (χ0n) is 15.3. The van der Waals surface area contributed by atoms with Crippen molar-refractivity contribution in [1.82, 2.24) is 9.78 Å². The lowest BCUT2D eigenvalue weighted by Crippen LogP contribution is -2.30. The molecule has 0 aromatic carbocycles. The lowest BCUT2D eigenvalue weighted by molar-refractivity contribution is -0.0395. The molecule has 5 nitrogen and oxygen atoms in total. The predicted molar refractivity (Wildman–Crippen MR) is 95.4 cm³/mol. The molecule has 0 saturated carbocycles. The number of nitrogens with zero attached hydrogens (tertiary/aromatic N) is 2. The Labute approximate surface area is 149 Å². The van der Waals surface area contributed by atoms with Crippen molar-refractivity contribution in [2.45, 2.75) is 70.6 Å². The van der Waals surface area contributed by atoms with Gasteiger partial charge in [0.05, 0.1) is 12.2 Å². The summed E-state index contributed by atoms with van der Waals surface area (Å²) in [5.41, 5.74) is 2.99. The number of ether oxygens (including phenoxy) is 2. The summed E-state index contributed by atoms with van der Waals surface area (Å²) in [5.74, 6) is 0. The highest BCUT2D eigenvalue weighted by Gasteiger charge is 2.45. The molecule has 1 aromatic heterocycles. The van der Waals surface area contributed by atoms with Gasteiger partial charge >= 0.3 is 0 Å². The van der Waals surface area contributed by atoms with Crippen LogP contribution in [0, 0.1) is 5.41 Å². The van der Waals surface area contributed by atoms with Crippen LogP contribution in [-0.2, 0) is 9.47 Å². The van der Waals surface area contributed by atoms with Gasteiger partial charge in [-0.15, -0.1) is 0 Å². The van der Waals surface area contributed by atoms with E-state index in [1.165, 1.54) is 5.57 Å². The van der Waals surface area contributed by atoms with Crippen molar-refractivity contribution in [2.24, 2.45) is 5.41 Å². The number of hydrogen-bond acceptors (Lipinski definition) is 4. The summed E-state index contributed by atoms with van der Waals surface area (Å²) in [5, 5.41) is 4.49. The van der Waals surface area contributed by atoms with E-state index in [1.54, 1.807) is 0 Å². The van der Waals surface area contributed by atoms with E-state index in [9.17, 15) is 4.79 Å². The molecule has 2 fully saturated rings. The number of aldehydes is 1. The van der Waals surface area contributed by atoms with E-state index in [2.05, 4.69) is 25.0 Å². The van der Waals surface area contributed by atoms with Crippen LogP contribution in [0.25, 0.3) is 5.57 Å². The van der Waals surface area contributed by atoms with Crippen LogP contribution in [0.15, 0.2) is 12.3 Å². The van der Waals surface area contributed by atoms with Gasteiger partial charge in [0.1, 0.15) is 11.9 Å². The molecule has 0 N–H and O–H groups in total. The second-order valence-corrected chi connectivity index (χ2v) is 8.59. The molecule has 136 valence electrons. The molecule has 0 radical (unpaired) electrons. The predicted octanol–water partition coefficient (Wildman–Crippen LogP) is 4.15. The molecule has 2 atom stereocenters. The maximum absolute atomic E-state index is 11.5. The van der Waals surface area contributed by atoms with Gasteiger partial charge in [-0.05, 0) is 55.9 Å². The zero-order chi connectivity index (χ0) is 17.5. The quantitative estimate of drug-likeness (QED) is 0.773. The van der Waals surface area contributed by atoms with Crippen molar-refractivity contribution < 1.29 is 14.3 Å². The number of carbonyl (C=O) groups is 1. The summed E-state index contributed by atoms with van der Waals surface area (Å²) in [6.45, 7) is 6.17. The van der Waals surface area contributed by atoms with E-state index in [-0.39, 0.29) is 17.2 Å². The molecule has 2 unspecified atom stereocenters. The Hall–Kier alpha value is -1.46. The molecule has 3 heterocycles. The van der Waals surface area contributed by atoms with Gasteiger partial charge in [-0.3, -0.25) is 4.79 Å². The van der Waals surface area contributed by atoms with E-state index in [0.29, 0.717) is 5.69 Å². The normalized spacial score (nSPS) is 31.9. The van der Waals surface area contributed by atoms with Gasteiger partial charge in [0, 0.05) is 18.4 Å². The molecule has 0 bridgehead atoms. The monoisotopic (exact) mass is 344 g/mol. The van der Waals surface area contributed by atoms with Crippen LogP contribution in [-0.4, -0.2) is 34.9 Å². The van der Waals surface area contributed by atoms with Crippen molar-refractivity contribution in [3.63, 3.8) is 0 Å². The summed E-state index contributed by atoms with van der Waals surface area (Å²) in [7, 11) is 0. The molecule has 25 heavy (non-hydrogen) atoms. The lowest BCUT2D eigenvalue weighted by atomic mass is 9.76. The molecule has 1 aromatic rings. The van der Waals surface area contributed by atoms with Crippen molar-refractivity contribution in [1.29, 1.82) is 0 Å². The smallest absolute Gasteiger partial charge is 0.170 e. The molecule has 0 amide bonds. The highest BCUT2D eigenvalue weighted by Crippen LogP contribution is 2.47. The topological polar surface area (TPSA) is 53.4 Å². The Bertz CT molecular complexity index is 685. The van der Waals surface area contributed by atoms with Gasteiger partial charge < -0.3 is 9.47 Å². The lowest BCUT2D eigenvalue weighted by Gasteiger charge is -2.32. The fraction of sp³-hybridized carbons (Fsp3) is 0.700. The average molecular weight is 344 g/mol. The van der Waals surface area contributed by atoms with Crippen molar-refractivity contribution in [3.05, 3.63) is 23.5 Å². The van der Waals surface area contributed by atoms with Crippen LogP contribution < -0.4 is 0 Å². The Morgan fingerprint density at radius 3 is 2.84 bits per heavy atom. The number of allylic oxidation sites excluding steroid dienone is 1. The molecule has 3 aliphatic rings. The fourth-order valence-electron chi connectivity index (χ4n) is 4.55. The summed E-state index contributed by atoms with van der Waals surface area (Å²) in [6.07, 6.45) is 12.3. The fourth-order valence-corrected chi connectivity index (χ4v) is 4.55. The molecule has 1 aliphatic carbocycles. The Morgan fingerprint density at radius 2 is 2.24 bits per heavy atom. The van der Waals surface area contributed by atoms with Gasteiger partial charge in [0.25, 0.3) is 0 Å². The van der Waals surface area contributed by atoms with E-state index >= 15 is 0 Å². The highest BCUT2D eigenvalue weighted by atomic mass is 16.5. The van der Waals surface area contributed by atoms with Gasteiger partial charge in [0.2, 0.25) is 0 Å². The van der Waals surface area contributed by atoms with Crippen molar-refractivity contribution in [3.8, 4) is 0 Å². The van der Waals surface area contributed by atoms with Crippen LogP contribution in [0.3, 0.4) is 0 Å². The maximum Gasteiger partial charge on any atom is 0.170 e. The largest absolute Gasteiger partial charge is 0.374 e. The highest BCUT2D eigenvalue weighted by molar-refractivity contribution is 5.83. The summed E-state index contributed by atoms with van der Waals surface area (Å²) >= 11 is 0. The molecule has 2 saturated heterocycles. The van der Waals surface area contributed by atoms with Crippen LogP contribution >= 0.6 is 0 Å². The van der Waals surface area contributed by atoms with E-state index in [1.807, 2.05) is 10.9 Å². The molecule has 2 aliphatic heterocycles. The van der Waals surface area contributed by atoms with E-state index in [0.717, 1.165) is 70.0 Å². The van der Waals surface area contributed by atoms with E-state index < -0.39 is 0 Å². The first-order valence-corrected chi connectivity index (χ1v) is 9.50. The maximum atomic E-state index is 11.5. The van der Waals surface area contributed by atoms with Gasteiger partial charge in [0.15, 0.2) is 6.29 Å². The standard InChI is InChI=1S/C20H28N2O3/c1-19(2)13-20(25-14-19)8-6-15(7-9-20)16-11-22(21-17(16)12-23)18-5-3-4-10-24-18/h6,11-12,18H,3-5,7-10,13-14H2,1-2H3. The first-order valence-electron chi connectivity index (χ1n) is 9.50. The Balaban J connectivity index is 1.55. The van der Waals surface area contributed by atoms with Gasteiger partial charge in [-0.25, -0.2) is 4.68 Å². The minimum Gasteiger partial charge on any atom is -0.374 e. The first-order chi connectivity index (χ1) is 12.0. The second kappa shape index (κ2) is 6.36. The molecule has 5 heteroatoms. The number of rotatable bonds is 3. The second-order valence-electron chi connectivity index (χ2n) is 8.59. The number of carbonyl (C=O) groups excluding carboxylic acids is 1. The average Bonchev–Trinajstić information content (AvgIpc) is 3.18.